The largest absolute Gasteiger partial charge is 0.416 e. The normalized spacial score (nSPS) is 14.6. The number of pyridine rings is 1. The molecule has 9 heteroatoms. The second kappa shape index (κ2) is 17.5. The lowest BCUT2D eigenvalue weighted by atomic mass is 9.88. The third-order valence-corrected chi connectivity index (χ3v) is 9.88. The van der Waals surface area contributed by atoms with Gasteiger partial charge in [-0.3, -0.25) is 19.5 Å². The summed E-state index contributed by atoms with van der Waals surface area (Å²) in [5.41, 5.74) is 5.80. The van der Waals surface area contributed by atoms with Gasteiger partial charge in [-0.15, -0.1) is 0 Å². The van der Waals surface area contributed by atoms with Gasteiger partial charge in [-0.1, -0.05) is 111 Å². The average Bonchev–Trinajstić information content (AvgIpc) is 3.19. The molecule has 1 aliphatic heterocycles. The number of carbonyl (C=O) groups is 2. The summed E-state index contributed by atoms with van der Waals surface area (Å²) in [5, 5.41) is 3.00. The van der Waals surface area contributed by atoms with E-state index in [9.17, 15) is 22.8 Å². The van der Waals surface area contributed by atoms with Gasteiger partial charge in [-0.2, -0.15) is 13.2 Å². The van der Waals surface area contributed by atoms with Gasteiger partial charge in [-0.25, -0.2) is 0 Å². The lowest BCUT2D eigenvalue weighted by molar-refractivity contribution is -0.138. The van der Waals surface area contributed by atoms with Crippen LogP contribution in [-0.2, 0) is 35.3 Å². The summed E-state index contributed by atoms with van der Waals surface area (Å²) < 4.78 is 40.3. The molecule has 1 aromatic heterocycles. The van der Waals surface area contributed by atoms with Gasteiger partial charge in [0.25, 0.3) is 0 Å². The van der Waals surface area contributed by atoms with Gasteiger partial charge in [-0.05, 0) is 70.5 Å². The van der Waals surface area contributed by atoms with Crippen molar-refractivity contribution in [1.29, 1.82) is 0 Å². The van der Waals surface area contributed by atoms with Gasteiger partial charge in [0, 0.05) is 56.6 Å². The number of piperazine rings is 1. The minimum absolute atomic E-state index is 0.187. The van der Waals surface area contributed by atoms with Crippen LogP contribution in [0.3, 0.4) is 0 Å². The molecule has 1 N–H and O–H groups in total. The smallest absolute Gasteiger partial charge is 0.348 e. The van der Waals surface area contributed by atoms with Crippen molar-refractivity contribution >= 4 is 17.9 Å². The summed E-state index contributed by atoms with van der Waals surface area (Å²) in [6.07, 6.45) is -0.962. The molecule has 1 aliphatic rings. The van der Waals surface area contributed by atoms with Crippen molar-refractivity contribution in [2.75, 3.05) is 26.2 Å². The molecule has 6 rings (SSSR count). The number of alkyl halides is 3. The predicted molar refractivity (Wildman–Crippen MR) is 207 cm³/mol. The molecule has 6 nitrogen and oxygen atoms in total. The Morgan fingerprint density at radius 1 is 0.759 bits per heavy atom. The van der Waals surface area contributed by atoms with Crippen molar-refractivity contribution in [2.45, 2.75) is 45.5 Å². The number of nitrogens with zero attached hydrogens (tertiary/aromatic N) is 3. The Labute approximate surface area is 315 Å². The van der Waals surface area contributed by atoms with Crippen molar-refractivity contribution in [3.63, 3.8) is 0 Å². The van der Waals surface area contributed by atoms with Crippen LogP contribution < -0.4 is 5.32 Å². The van der Waals surface area contributed by atoms with Crippen molar-refractivity contribution in [2.24, 2.45) is 5.92 Å². The zero-order valence-electron chi connectivity index (χ0n) is 30.6. The molecule has 0 radical (unpaired) electrons. The monoisotopic (exact) mass is 730 g/mol. The number of carbonyl (C=O) groups excluding carboxylic acids is 2. The minimum Gasteiger partial charge on any atom is -0.348 e. The first kappa shape index (κ1) is 38.2. The molecular weight excluding hydrogens is 686 g/mol. The zero-order valence-corrected chi connectivity index (χ0v) is 30.6. The van der Waals surface area contributed by atoms with Crippen molar-refractivity contribution < 1.29 is 22.8 Å². The van der Waals surface area contributed by atoms with E-state index >= 15 is 0 Å². The molecule has 278 valence electrons. The molecule has 0 spiro atoms. The molecule has 0 aliphatic carbocycles. The summed E-state index contributed by atoms with van der Waals surface area (Å²) in [6, 6.07) is 36.2. The second-order valence-corrected chi connectivity index (χ2v) is 14.1. The van der Waals surface area contributed by atoms with Gasteiger partial charge in [0.15, 0.2) is 0 Å². The van der Waals surface area contributed by atoms with Gasteiger partial charge in [0.05, 0.1) is 17.2 Å². The number of aromatic nitrogens is 1. The highest BCUT2D eigenvalue weighted by Gasteiger charge is 2.34. The molecule has 2 heterocycles. The molecule has 2 amide bonds. The predicted octanol–water partition coefficient (Wildman–Crippen LogP) is 8.79. The number of benzene rings is 4. The zero-order chi connectivity index (χ0) is 38.1. The molecule has 4 aromatic carbocycles. The van der Waals surface area contributed by atoms with E-state index in [2.05, 4.69) is 53.3 Å². The molecule has 0 unspecified atom stereocenters. The Kier molecular flexibility index (Phi) is 12.4. The molecule has 0 bridgehead atoms. The summed E-state index contributed by atoms with van der Waals surface area (Å²) in [5.74, 6) is -1.06. The third kappa shape index (κ3) is 10.1. The molecule has 1 saturated heterocycles. The molecular formula is C45H45F3N4O2. The van der Waals surface area contributed by atoms with Crippen molar-refractivity contribution in [3.05, 3.63) is 166 Å². The van der Waals surface area contributed by atoms with E-state index in [-0.39, 0.29) is 24.4 Å². The fraction of sp³-hybridized carbons (Fsp3) is 0.267. The van der Waals surface area contributed by atoms with Crippen LogP contribution in [0.1, 0.15) is 53.1 Å². The molecule has 5 aromatic rings. The first-order valence-corrected chi connectivity index (χ1v) is 18.3. The molecule has 1 atom stereocenters. The maximum absolute atomic E-state index is 14.6. The van der Waals surface area contributed by atoms with Crippen LogP contribution in [0.15, 0.2) is 133 Å². The van der Waals surface area contributed by atoms with E-state index in [1.807, 2.05) is 77.7 Å². The summed E-state index contributed by atoms with van der Waals surface area (Å²) >= 11 is 0. The highest BCUT2D eigenvalue weighted by Crippen LogP contribution is 2.30. The van der Waals surface area contributed by atoms with Gasteiger partial charge in [0.2, 0.25) is 11.8 Å². The number of halogens is 3. The minimum atomic E-state index is -4.50. The Morgan fingerprint density at radius 3 is 2.02 bits per heavy atom. The maximum atomic E-state index is 14.6. The highest BCUT2D eigenvalue weighted by atomic mass is 19.4. The van der Waals surface area contributed by atoms with E-state index < -0.39 is 23.6 Å². The number of amides is 2. The summed E-state index contributed by atoms with van der Waals surface area (Å²) in [4.78, 5) is 37.3. The fourth-order valence-corrected chi connectivity index (χ4v) is 6.68. The van der Waals surface area contributed by atoms with Crippen molar-refractivity contribution in [1.82, 2.24) is 20.1 Å². The van der Waals surface area contributed by atoms with E-state index in [1.165, 1.54) is 23.3 Å². The SMILES string of the molecule is CC(C)c1ccc(CN2CCN(C(=O)[C@@H](Cc3ccccc3)C(=Cc3ccc(C(F)(F)F)cc3)C(=O)NCc3ccc(-c4ccccn4)cc3)CC2)cc1. The molecule has 1 fully saturated rings. The maximum Gasteiger partial charge on any atom is 0.416 e. The van der Waals surface area contributed by atoms with Crippen LogP contribution in [0.5, 0.6) is 0 Å². The highest BCUT2D eigenvalue weighted by molar-refractivity contribution is 6.04. The number of nitrogens with one attached hydrogen (secondary N) is 1. The first-order valence-electron chi connectivity index (χ1n) is 18.3. The first-order chi connectivity index (χ1) is 26.0. The fourth-order valence-electron chi connectivity index (χ4n) is 6.68. The number of hydrogen-bond donors (Lipinski definition) is 1. The molecule has 0 saturated carbocycles. The lowest BCUT2D eigenvalue weighted by Gasteiger charge is -2.37. The number of hydrogen-bond acceptors (Lipinski definition) is 4. The van der Waals surface area contributed by atoms with Crippen LogP contribution in [0.2, 0.25) is 0 Å². The standard InChI is InChI=1S/C45H45F3N4O2/c1-32(2)37-17-13-36(14-18-37)31-51-24-26-52(27-25-51)44(54)41(29-33-8-4-3-5-9-33)40(28-34-15-21-39(22-16-34)45(46,47)48)43(53)50-30-35-11-19-38(20-12-35)42-10-6-7-23-49-42/h3-23,28,32,41H,24-27,29-31H2,1-2H3,(H,50,53)/t41-/m0/s1. The van der Waals surface area contributed by atoms with Crippen LogP contribution in [0, 0.1) is 5.92 Å². The van der Waals surface area contributed by atoms with Gasteiger partial charge < -0.3 is 10.2 Å². The Hall–Kier alpha value is -5.54. The van der Waals surface area contributed by atoms with Crippen molar-refractivity contribution in [3.8, 4) is 11.3 Å². The quantitative estimate of drug-likeness (QED) is 0.130. The van der Waals surface area contributed by atoms with E-state index in [0.29, 0.717) is 37.7 Å². The van der Waals surface area contributed by atoms with Crippen LogP contribution in [0.25, 0.3) is 17.3 Å². The van der Waals surface area contributed by atoms with Gasteiger partial charge in [0.1, 0.15) is 0 Å². The Balaban J connectivity index is 1.24. The third-order valence-electron chi connectivity index (χ3n) is 9.88. The lowest BCUT2D eigenvalue weighted by Crippen LogP contribution is -2.51. The van der Waals surface area contributed by atoms with E-state index in [1.54, 1.807) is 12.3 Å². The second-order valence-electron chi connectivity index (χ2n) is 14.1. The van der Waals surface area contributed by atoms with E-state index in [4.69, 9.17) is 0 Å². The average molecular weight is 731 g/mol. The van der Waals surface area contributed by atoms with Gasteiger partial charge >= 0.3 is 6.18 Å². The topological polar surface area (TPSA) is 65.5 Å². The Morgan fingerprint density at radius 2 is 1.41 bits per heavy atom. The Bertz CT molecular complexity index is 2010. The number of rotatable bonds is 12. The van der Waals surface area contributed by atoms with E-state index in [0.717, 1.165) is 41.1 Å². The molecule has 54 heavy (non-hydrogen) atoms. The van der Waals surface area contributed by atoms with Crippen LogP contribution in [-0.4, -0.2) is 52.8 Å². The summed E-state index contributed by atoms with van der Waals surface area (Å²) in [6.45, 7) is 7.65. The van der Waals surface area contributed by atoms with Crippen LogP contribution in [0.4, 0.5) is 13.2 Å². The summed E-state index contributed by atoms with van der Waals surface area (Å²) in [7, 11) is 0. The van der Waals surface area contributed by atoms with Crippen LogP contribution >= 0.6 is 0 Å².